The molecule has 1 spiro atoms. The van der Waals surface area contributed by atoms with Gasteiger partial charge in [0, 0.05) is 44.6 Å². The Morgan fingerprint density at radius 3 is 2.73 bits per heavy atom. The quantitative estimate of drug-likeness (QED) is 0.540. The highest BCUT2D eigenvalue weighted by atomic mass is 19.4. The summed E-state index contributed by atoms with van der Waals surface area (Å²) in [6, 6.07) is 2.19. The molecule has 2 fully saturated rings. The Bertz CT molecular complexity index is 1460. The molecule has 2 saturated heterocycles. The van der Waals surface area contributed by atoms with E-state index in [0.29, 0.717) is 67.3 Å². The first-order chi connectivity index (χ1) is 17.5. The molecule has 0 unspecified atom stereocenters. The van der Waals surface area contributed by atoms with Gasteiger partial charge in [0.05, 0.1) is 17.3 Å². The Kier molecular flexibility index (Phi) is 5.85. The number of aromatic amines is 1. The van der Waals surface area contributed by atoms with E-state index >= 15 is 0 Å². The Balaban J connectivity index is 1.35. The van der Waals surface area contributed by atoms with Crippen molar-refractivity contribution >= 4 is 28.7 Å². The molecule has 2 N–H and O–H groups in total. The Labute approximate surface area is 209 Å². The van der Waals surface area contributed by atoms with E-state index in [-0.39, 0.29) is 5.92 Å². The van der Waals surface area contributed by atoms with Crippen LogP contribution in [0.25, 0.3) is 11.2 Å². The van der Waals surface area contributed by atoms with E-state index in [2.05, 4.69) is 26.3 Å². The molecule has 0 saturated carbocycles. The van der Waals surface area contributed by atoms with Crippen molar-refractivity contribution in [2.24, 2.45) is 13.0 Å². The summed E-state index contributed by atoms with van der Waals surface area (Å²) >= 11 is 0. The zero-order valence-electron chi connectivity index (χ0n) is 20.3. The molecule has 2 aliphatic rings. The lowest BCUT2D eigenvalue weighted by molar-refractivity contribution is -0.138. The second-order valence-electron chi connectivity index (χ2n) is 9.86. The highest BCUT2D eigenvalue weighted by molar-refractivity contribution is 5.90. The summed E-state index contributed by atoms with van der Waals surface area (Å²) < 4.78 is 40.6. The summed E-state index contributed by atoms with van der Waals surface area (Å²) in [5.74, 6) is 0.823. The summed E-state index contributed by atoms with van der Waals surface area (Å²) in [5.41, 5.74) is -1.18. The minimum Gasteiger partial charge on any atom is -0.355 e. The van der Waals surface area contributed by atoms with Gasteiger partial charge in [0.15, 0.2) is 5.65 Å². The predicted octanol–water partition coefficient (Wildman–Crippen LogP) is 3.46. The Morgan fingerprint density at radius 1 is 1.32 bits per heavy atom. The van der Waals surface area contributed by atoms with Gasteiger partial charge < -0.3 is 24.7 Å². The maximum absolute atomic E-state index is 13.3. The second-order valence-corrected chi connectivity index (χ2v) is 9.86. The number of halogens is 3. The SMILES string of the molecule is C[C@H]1CN(C(=O)Nc2cc(C(F)(F)F)cn(C)c2=O)C2(CCN(c3cnc4[nH]cc(C#N)c4n3)CC2)C1. The molecular formula is C24H25F3N8O2. The number of carbonyl (C=O) groups excluding carboxylic acids is 1. The molecular weight excluding hydrogens is 489 g/mol. The van der Waals surface area contributed by atoms with Crippen LogP contribution in [0.1, 0.15) is 37.3 Å². The van der Waals surface area contributed by atoms with Gasteiger partial charge in [0.2, 0.25) is 0 Å². The van der Waals surface area contributed by atoms with Crippen LogP contribution in [0.2, 0.25) is 0 Å². The van der Waals surface area contributed by atoms with E-state index < -0.39 is 34.6 Å². The number of hydrogen-bond acceptors (Lipinski definition) is 6. The average Bonchev–Trinajstić information content (AvgIpc) is 3.41. The predicted molar refractivity (Wildman–Crippen MR) is 129 cm³/mol. The Hall–Kier alpha value is -4.08. The third-order valence-corrected chi connectivity index (χ3v) is 7.30. The number of nitrogens with one attached hydrogen (secondary N) is 2. The fraction of sp³-hybridized carbons (Fsp3) is 0.458. The maximum atomic E-state index is 13.3. The minimum absolute atomic E-state index is 0.191. The second kappa shape index (κ2) is 8.79. The summed E-state index contributed by atoms with van der Waals surface area (Å²) in [5, 5.41) is 11.7. The molecule has 2 amide bonds. The summed E-state index contributed by atoms with van der Waals surface area (Å²) in [6.07, 6.45) is 1.24. The van der Waals surface area contributed by atoms with E-state index in [9.17, 15) is 28.0 Å². The van der Waals surface area contributed by atoms with Crippen LogP contribution in [-0.4, -0.2) is 55.6 Å². The molecule has 37 heavy (non-hydrogen) atoms. The molecule has 0 aliphatic carbocycles. The first kappa shape index (κ1) is 24.6. The number of aromatic nitrogens is 4. The molecule has 13 heteroatoms. The van der Waals surface area contributed by atoms with Crippen molar-refractivity contribution in [2.75, 3.05) is 29.9 Å². The third kappa shape index (κ3) is 4.36. The van der Waals surface area contributed by atoms with Gasteiger partial charge in [0.1, 0.15) is 23.1 Å². The van der Waals surface area contributed by atoms with Gasteiger partial charge >= 0.3 is 12.2 Å². The van der Waals surface area contributed by atoms with Crippen LogP contribution in [0.5, 0.6) is 0 Å². The highest BCUT2D eigenvalue weighted by Gasteiger charge is 2.48. The van der Waals surface area contributed by atoms with Gasteiger partial charge in [-0.1, -0.05) is 6.92 Å². The van der Waals surface area contributed by atoms with Crippen LogP contribution in [0.3, 0.4) is 0 Å². The summed E-state index contributed by atoms with van der Waals surface area (Å²) in [4.78, 5) is 41.4. The standard InChI is InChI=1S/C24H25F3N8O2/c1-14-8-23(3-5-34(6-4-23)18-11-30-20-19(32-18)15(9-28)10-29-20)35(12-14)22(37)31-17-7-16(24(25,26)27)13-33(2)21(17)36/h7,10-11,13-14H,3-6,8,12H2,1-2H3,(H,29,30)(H,31,37)/t14-/m1/s1. The lowest BCUT2D eigenvalue weighted by Gasteiger charge is -2.45. The van der Waals surface area contributed by atoms with Crippen molar-refractivity contribution < 1.29 is 18.0 Å². The van der Waals surface area contributed by atoms with Crippen molar-refractivity contribution in [2.45, 2.75) is 37.9 Å². The van der Waals surface area contributed by atoms with E-state index in [1.807, 2.05) is 11.8 Å². The lowest BCUT2D eigenvalue weighted by Crippen LogP contribution is -2.55. The molecule has 0 aromatic carbocycles. The normalized spacial score (nSPS) is 19.4. The largest absolute Gasteiger partial charge is 0.417 e. The number of H-pyrrole nitrogens is 1. The molecule has 0 bridgehead atoms. The zero-order chi connectivity index (χ0) is 26.5. The van der Waals surface area contributed by atoms with Gasteiger partial charge in [-0.05, 0) is 31.2 Å². The van der Waals surface area contributed by atoms with E-state index in [0.717, 1.165) is 11.0 Å². The van der Waals surface area contributed by atoms with Crippen LogP contribution in [0, 0.1) is 17.2 Å². The number of aryl methyl sites for hydroxylation is 1. The monoisotopic (exact) mass is 514 g/mol. The smallest absolute Gasteiger partial charge is 0.355 e. The van der Waals surface area contributed by atoms with Crippen LogP contribution in [0.4, 0.5) is 29.5 Å². The Morgan fingerprint density at radius 2 is 2.05 bits per heavy atom. The number of likely N-dealkylation sites (tertiary alicyclic amines) is 1. The van der Waals surface area contributed by atoms with E-state index in [1.54, 1.807) is 17.3 Å². The number of nitriles is 1. The first-order valence-corrected chi connectivity index (χ1v) is 11.9. The van der Waals surface area contributed by atoms with Gasteiger partial charge in [-0.15, -0.1) is 0 Å². The number of nitrogens with zero attached hydrogens (tertiary/aromatic N) is 6. The number of anilines is 2. The van der Waals surface area contributed by atoms with Crippen LogP contribution in [0.15, 0.2) is 29.5 Å². The van der Waals surface area contributed by atoms with E-state index in [4.69, 9.17) is 0 Å². The van der Waals surface area contributed by atoms with Crippen molar-refractivity contribution in [3.05, 3.63) is 46.1 Å². The maximum Gasteiger partial charge on any atom is 0.417 e. The number of piperidine rings is 1. The van der Waals surface area contributed by atoms with Gasteiger partial charge in [-0.2, -0.15) is 18.4 Å². The minimum atomic E-state index is -4.65. The number of urea groups is 1. The molecule has 5 rings (SSSR count). The molecule has 3 aromatic heterocycles. The molecule has 5 heterocycles. The molecule has 3 aromatic rings. The number of hydrogen-bond donors (Lipinski definition) is 2. The summed E-state index contributed by atoms with van der Waals surface area (Å²) in [7, 11) is 1.22. The number of alkyl halides is 3. The average molecular weight is 515 g/mol. The number of pyridine rings is 1. The van der Waals surface area contributed by atoms with Crippen molar-refractivity contribution in [3.8, 4) is 6.07 Å². The molecule has 2 aliphatic heterocycles. The van der Waals surface area contributed by atoms with Crippen molar-refractivity contribution in [1.29, 1.82) is 5.26 Å². The molecule has 0 radical (unpaired) electrons. The third-order valence-electron chi connectivity index (χ3n) is 7.30. The van der Waals surface area contributed by atoms with E-state index in [1.165, 1.54) is 7.05 Å². The van der Waals surface area contributed by atoms with Gasteiger partial charge in [-0.3, -0.25) is 4.79 Å². The van der Waals surface area contributed by atoms with Crippen molar-refractivity contribution in [3.63, 3.8) is 0 Å². The highest BCUT2D eigenvalue weighted by Crippen LogP contribution is 2.42. The van der Waals surface area contributed by atoms with Gasteiger partial charge in [0.25, 0.3) is 5.56 Å². The number of amides is 2. The number of fused-ring (bicyclic) bond motifs is 1. The molecule has 10 nitrogen and oxygen atoms in total. The number of rotatable bonds is 2. The zero-order valence-corrected chi connectivity index (χ0v) is 20.3. The first-order valence-electron chi connectivity index (χ1n) is 11.9. The van der Waals surface area contributed by atoms with Gasteiger partial charge in [-0.25, -0.2) is 14.8 Å². The lowest BCUT2D eigenvalue weighted by atomic mass is 9.83. The van der Waals surface area contributed by atoms with Crippen molar-refractivity contribution in [1.82, 2.24) is 24.4 Å². The molecule has 194 valence electrons. The topological polar surface area (TPSA) is 123 Å². The van der Waals surface area contributed by atoms with Crippen LogP contribution >= 0.6 is 0 Å². The fourth-order valence-corrected chi connectivity index (χ4v) is 5.51. The van der Waals surface area contributed by atoms with Crippen LogP contribution in [-0.2, 0) is 13.2 Å². The fourth-order valence-electron chi connectivity index (χ4n) is 5.51. The molecule has 1 atom stereocenters. The van der Waals surface area contributed by atoms with Crippen LogP contribution < -0.4 is 15.8 Å². The number of carbonyl (C=O) groups is 1. The summed E-state index contributed by atoms with van der Waals surface area (Å²) in [6.45, 7) is 3.62.